The van der Waals surface area contributed by atoms with E-state index < -0.39 is 45.1 Å². The molecular formula is C26H35F3N4O6S2. The van der Waals surface area contributed by atoms with Crippen molar-refractivity contribution >= 4 is 39.2 Å². The lowest BCUT2D eigenvalue weighted by atomic mass is 9.86. The highest BCUT2D eigenvalue weighted by molar-refractivity contribution is 7.89. The summed E-state index contributed by atoms with van der Waals surface area (Å²) in [5.74, 6) is -0.297. The third-order valence-corrected chi connectivity index (χ3v) is 8.93. The first-order chi connectivity index (χ1) is 19.1. The van der Waals surface area contributed by atoms with Gasteiger partial charge in [0, 0.05) is 29.8 Å². The van der Waals surface area contributed by atoms with Crippen molar-refractivity contribution in [3.05, 3.63) is 28.9 Å². The molecule has 1 aliphatic carbocycles. The first kappa shape index (κ1) is 32.6. The molecule has 2 amide bonds. The quantitative estimate of drug-likeness (QED) is 0.302. The fraction of sp³-hybridized carbons (Fsp3) is 0.577. The van der Waals surface area contributed by atoms with Gasteiger partial charge in [0.15, 0.2) is 5.69 Å². The van der Waals surface area contributed by atoms with E-state index in [2.05, 4.69) is 20.3 Å². The van der Waals surface area contributed by atoms with E-state index in [0.29, 0.717) is 25.7 Å². The molecule has 0 radical (unpaired) electrons. The maximum absolute atomic E-state index is 14.2. The Bertz CT molecular complexity index is 1340. The second kappa shape index (κ2) is 13.4. The van der Waals surface area contributed by atoms with Gasteiger partial charge in [0.05, 0.1) is 27.0 Å². The largest absolute Gasteiger partial charge is 0.447 e. The number of rotatable bonds is 9. The standard InChI is InChI=1S/C26H35F3N4O6S2/c1-6-30-41(36,37)20-13-18(32-25(35)39-15(4)5)11-12-19(20)21-22(26(27,28)29)33-23(40-21)16-7-9-17(10-8-16)31-24(34)38-14(2)3/h11-17,30H,6-10H2,1-5H3,(H,31,34)(H,32,35)/t16-,17-. The van der Waals surface area contributed by atoms with Crippen LogP contribution in [0, 0.1) is 0 Å². The molecule has 228 valence electrons. The number of alkyl halides is 3. The number of thiazole rings is 1. The summed E-state index contributed by atoms with van der Waals surface area (Å²) >= 11 is 0.799. The van der Waals surface area contributed by atoms with Gasteiger partial charge >= 0.3 is 18.4 Å². The molecule has 15 heteroatoms. The van der Waals surface area contributed by atoms with Gasteiger partial charge in [0.25, 0.3) is 0 Å². The molecule has 2 aromatic rings. The monoisotopic (exact) mass is 620 g/mol. The van der Waals surface area contributed by atoms with Crippen molar-refractivity contribution in [2.45, 2.75) is 95.5 Å². The van der Waals surface area contributed by atoms with Gasteiger partial charge < -0.3 is 14.8 Å². The van der Waals surface area contributed by atoms with Gasteiger partial charge in [0.1, 0.15) is 0 Å². The third-order valence-electron chi connectivity index (χ3n) is 6.09. The van der Waals surface area contributed by atoms with Gasteiger partial charge in [-0.2, -0.15) is 13.2 Å². The molecular weight excluding hydrogens is 585 g/mol. The number of alkyl carbamates (subject to hydrolysis) is 1. The SMILES string of the molecule is CCNS(=O)(=O)c1cc(NC(=O)OC(C)C)ccc1-c1sc([C@H]2CC[C@H](NC(=O)OC(C)C)CC2)nc1C(F)(F)F. The first-order valence-electron chi connectivity index (χ1n) is 13.3. The van der Waals surface area contributed by atoms with Crippen LogP contribution in [0.3, 0.4) is 0 Å². The summed E-state index contributed by atoms with van der Waals surface area (Å²) in [6, 6.07) is 3.47. The zero-order chi connectivity index (χ0) is 30.5. The molecule has 1 heterocycles. The molecule has 0 aliphatic heterocycles. The van der Waals surface area contributed by atoms with Crippen LogP contribution in [0.4, 0.5) is 28.4 Å². The van der Waals surface area contributed by atoms with E-state index in [1.165, 1.54) is 12.1 Å². The topological polar surface area (TPSA) is 136 Å². The second-order valence-electron chi connectivity index (χ2n) is 10.2. The number of aromatic nitrogens is 1. The van der Waals surface area contributed by atoms with E-state index in [-0.39, 0.29) is 45.7 Å². The number of nitrogens with one attached hydrogen (secondary N) is 3. The van der Waals surface area contributed by atoms with Crippen molar-refractivity contribution in [2.75, 3.05) is 11.9 Å². The summed E-state index contributed by atoms with van der Waals surface area (Å²) in [5.41, 5.74) is -1.32. The van der Waals surface area contributed by atoms with Crippen LogP contribution >= 0.6 is 11.3 Å². The minimum atomic E-state index is -4.85. The lowest BCUT2D eigenvalue weighted by Gasteiger charge is -2.28. The van der Waals surface area contributed by atoms with Gasteiger partial charge in [-0.1, -0.05) is 13.0 Å². The minimum Gasteiger partial charge on any atom is -0.447 e. The van der Waals surface area contributed by atoms with Crippen LogP contribution in [-0.2, 0) is 25.7 Å². The fourth-order valence-corrected chi connectivity index (χ4v) is 7.06. The van der Waals surface area contributed by atoms with E-state index in [0.717, 1.165) is 17.4 Å². The van der Waals surface area contributed by atoms with Gasteiger partial charge in [-0.25, -0.2) is 27.7 Å². The number of carbonyl (C=O) groups excluding carboxylic acids is 2. The van der Waals surface area contributed by atoms with E-state index >= 15 is 0 Å². The van der Waals surface area contributed by atoms with Crippen LogP contribution < -0.4 is 15.4 Å². The minimum absolute atomic E-state index is 0.00310. The molecule has 1 saturated carbocycles. The maximum atomic E-state index is 14.2. The Morgan fingerprint density at radius 3 is 2.22 bits per heavy atom. The summed E-state index contributed by atoms with van der Waals surface area (Å²) in [7, 11) is -4.26. The van der Waals surface area contributed by atoms with E-state index in [1.54, 1.807) is 34.6 Å². The van der Waals surface area contributed by atoms with Crippen molar-refractivity contribution in [1.82, 2.24) is 15.0 Å². The van der Waals surface area contributed by atoms with Gasteiger partial charge in [0.2, 0.25) is 10.0 Å². The third kappa shape index (κ3) is 8.79. The van der Waals surface area contributed by atoms with Crippen LogP contribution in [0.25, 0.3) is 10.4 Å². The highest BCUT2D eigenvalue weighted by Crippen LogP contribution is 2.46. The van der Waals surface area contributed by atoms with E-state index in [9.17, 15) is 31.2 Å². The zero-order valence-electron chi connectivity index (χ0n) is 23.4. The van der Waals surface area contributed by atoms with Crippen LogP contribution in [0.5, 0.6) is 0 Å². The lowest BCUT2D eigenvalue weighted by molar-refractivity contribution is -0.140. The number of ether oxygens (including phenoxy) is 2. The van der Waals surface area contributed by atoms with E-state index in [4.69, 9.17) is 9.47 Å². The highest BCUT2D eigenvalue weighted by atomic mass is 32.2. The molecule has 0 atom stereocenters. The number of amides is 2. The van der Waals surface area contributed by atoms with Crippen LogP contribution in [-0.4, -0.2) is 50.4 Å². The predicted octanol–water partition coefficient (Wildman–Crippen LogP) is 6.24. The van der Waals surface area contributed by atoms with Crippen molar-refractivity contribution < 1.29 is 40.7 Å². The predicted molar refractivity (Wildman–Crippen MR) is 148 cm³/mol. The summed E-state index contributed by atoms with van der Waals surface area (Å²) < 4.78 is 81.3. The number of carbonyl (C=O) groups is 2. The average molecular weight is 621 g/mol. The molecule has 1 aromatic heterocycles. The molecule has 0 saturated heterocycles. The number of hydrogen-bond acceptors (Lipinski definition) is 8. The molecule has 0 spiro atoms. The Morgan fingerprint density at radius 1 is 1.05 bits per heavy atom. The lowest BCUT2D eigenvalue weighted by Crippen LogP contribution is -2.38. The maximum Gasteiger partial charge on any atom is 0.434 e. The molecule has 0 bridgehead atoms. The van der Waals surface area contributed by atoms with Crippen LogP contribution in [0.1, 0.15) is 76.9 Å². The van der Waals surface area contributed by atoms with E-state index in [1.807, 2.05) is 0 Å². The molecule has 0 unspecified atom stereocenters. The average Bonchev–Trinajstić information content (AvgIpc) is 3.29. The summed E-state index contributed by atoms with van der Waals surface area (Å²) in [6.07, 6.45) is -4.91. The zero-order valence-corrected chi connectivity index (χ0v) is 25.1. The molecule has 1 aliphatic rings. The normalized spacial score (nSPS) is 17.9. The summed E-state index contributed by atoms with van der Waals surface area (Å²) in [4.78, 5) is 27.2. The Balaban J connectivity index is 1.97. The molecule has 41 heavy (non-hydrogen) atoms. The number of nitrogens with zero attached hydrogens (tertiary/aromatic N) is 1. The Labute approximate surface area is 241 Å². The van der Waals surface area contributed by atoms with Gasteiger partial charge in [-0.05, 0) is 65.5 Å². The first-order valence-corrected chi connectivity index (χ1v) is 15.6. The Kier molecular flexibility index (Phi) is 10.6. The van der Waals surface area contributed by atoms with Crippen molar-refractivity contribution in [2.24, 2.45) is 0 Å². The second-order valence-corrected chi connectivity index (χ2v) is 12.9. The molecule has 3 N–H and O–H groups in total. The van der Waals surface area contributed by atoms with Crippen LogP contribution in [0.15, 0.2) is 23.1 Å². The number of anilines is 1. The fourth-order valence-electron chi connectivity index (χ4n) is 4.42. The van der Waals surface area contributed by atoms with Crippen molar-refractivity contribution in [3.63, 3.8) is 0 Å². The van der Waals surface area contributed by atoms with Gasteiger partial charge in [-0.3, -0.25) is 5.32 Å². The highest BCUT2D eigenvalue weighted by Gasteiger charge is 2.40. The van der Waals surface area contributed by atoms with Crippen molar-refractivity contribution in [1.29, 1.82) is 0 Å². The molecule has 1 aromatic carbocycles. The Hall–Kier alpha value is -2.91. The summed E-state index contributed by atoms with van der Waals surface area (Å²) in [6.45, 7) is 8.26. The number of sulfonamides is 1. The van der Waals surface area contributed by atoms with Crippen molar-refractivity contribution in [3.8, 4) is 10.4 Å². The molecule has 1 fully saturated rings. The number of hydrogen-bond donors (Lipinski definition) is 3. The summed E-state index contributed by atoms with van der Waals surface area (Å²) in [5, 5.41) is 5.43. The van der Waals surface area contributed by atoms with Crippen LogP contribution in [0.2, 0.25) is 0 Å². The Morgan fingerprint density at radius 2 is 1.66 bits per heavy atom. The molecule has 10 nitrogen and oxygen atoms in total. The number of benzene rings is 1. The smallest absolute Gasteiger partial charge is 0.434 e. The molecule has 3 rings (SSSR count). The number of halogens is 3. The van der Waals surface area contributed by atoms with Gasteiger partial charge in [-0.15, -0.1) is 11.3 Å².